The molecule has 0 aliphatic carbocycles. The number of piperidine rings is 1. The number of likely N-dealkylation sites (tertiary alicyclic amines) is 1. The van der Waals surface area contributed by atoms with Gasteiger partial charge >= 0.3 is 0 Å². The summed E-state index contributed by atoms with van der Waals surface area (Å²) in [4.78, 5) is 2.38. The van der Waals surface area contributed by atoms with E-state index in [1.165, 1.54) is 0 Å². The van der Waals surface area contributed by atoms with Crippen LogP contribution in [0.4, 0.5) is 0 Å². The summed E-state index contributed by atoms with van der Waals surface area (Å²) in [5.41, 5.74) is 0. The molecule has 4 nitrogen and oxygen atoms in total. The van der Waals surface area contributed by atoms with E-state index >= 15 is 0 Å². The Morgan fingerprint density at radius 3 is 2.47 bits per heavy atom. The molecule has 0 bridgehead atoms. The lowest BCUT2D eigenvalue weighted by Crippen LogP contribution is -2.38. The first-order valence-corrected chi connectivity index (χ1v) is 5.98. The van der Waals surface area contributed by atoms with Crippen LogP contribution in [0.3, 0.4) is 0 Å². The Labute approximate surface area is 91.2 Å². The smallest absolute Gasteiger partial charge is 0.158 e. The summed E-state index contributed by atoms with van der Waals surface area (Å²) in [5, 5.41) is 9.37. The highest BCUT2D eigenvalue weighted by Crippen LogP contribution is 2.13. The molecule has 2 rings (SSSR count). The summed E-state index contributed by atoms with van der Waals surface area (Å²) in [5.74, 6) is 0. The number of ether oxygens (including phenoxy) is 2. The first-order valence-electron chi connectivity index (χ1n) is 5.98. The first kappa shape index (κ1) is 11.3. The van der Waals surface area contributed by atoms with Crippen LogP contribution in [-0.2, 0) is 9.47 Å². The zero-order valence-corrected chi connectivity index (χ0v) is 9.23. The number of hydrogen-bond acceptors (Lipinski definition) is 4. The van der Waals surface area contributed by atoms with Gasteiger partial charge in [-0.2, -0.15) is 0 Å². The van der Waals surface area contributed by atoms with Crippen LogP contribution in [-0.4, -0.2) is 55.2 Å². The summed E-state index contributed by atoms with van der Waals surface area (Å²) in [6.07, 6.45) is 3.72. The Morgan fingerprint density at radius 2 is 1.80 bits per heavy atom. The minimum absolute atomic E-state index is 0.00519. The molecule has 15 heavy (non-hydrogen) atoms. The molecule has 0 aromatic heterocycles. The number of nitrogens with zero attached hydrogens (tertiary/aromatic N) is 1. The Morgan fingerprint density at radius 1 is 1.13 bits per heavy atom. The van der Waals surface area contributed by atoms with Crippen LogP contribution in [0.2, 0.25) is 0 Å². The van der Waals surface area contributed by atoms with Crippen molar-refractivity contribution in [1.82, 2.24) is 4.90 Å². The highest BCUT2D eigenvalue weighted by atomic mass is 16.7. The van der Waals surface area contributed by atoms with Gasteiger partial charge in [-0.25, -0.2) is 0 Å². The zero-order chi connectivity index (χ0) is 10.5. The lowest BCUT2D eigenvalue weighted by molar-refractivity contribution is -0.183. The number of aliphatic hydroxyl groups is 1. The van der Waals surface area contributed by atoms with Crippen molar-refractivity contribution < 1.29 is 14.6 Å². The predicted molar refractivity (Wildman–Crippen MR) is 56.6 cm³/mol. The van der Waals surface area contributed by atoms with Gasteiger partial charge in [0.05, 0.1) is 19.3 Å². The standard InChI is InChI=1S/C11H21NO3/c13-10-2-5-12(6-3-10)7-4-11-14-8-1-9-15-11/h10-11,13H,1-9H2. The molecule has 0 radical (unpaired) electrons. The fourth-order valence-corrected chi connectivity index (χ4v) is 2.13. The van der Waals surface area contributed by atoms with E-state index in [0.29, 0.717) is 0 Å². The summed E-state index contributed by atoms with van der Waals surface area (Å²) in [6, 6.07) is 0. The lowest BCUT2D eigenvalue weighted by Gasteiger charge is -2.31. The monoisotopic (exact) mass is 215 g/mol. The molecule has 0 aromatic carbocycles. The molecular weight excluding hydrogens is 194 g/mol. The molecule has 2 saturated heterocycles. The maximum absolute atomic E-state index is 9.37. The van der Waals surface area contributed by atoms with Gasteiger partial charge in [-0.1, -0.05) is 0 Å². The minimum atomic E-state index is -0.0802. The van der Waals surface area contributed by atoms with Crippen LogP contribution in [0.1, 0.15) is 25.7 Å². The van der Waals surface area contributed by atoms with Gasteiger partial charge in [-0.3, -0.25) is 0 Å². The SMILES string of the molecule is OC1CCN(CCC2OCCCO2)CC1. The fourth-order valence-electron chi connectivity index (χ4n) is 2.13. The van der Waals surface area contributed by atoms with Crippen LogP contribution in [0.15, 0.2) is 0 Å². The van der Waals surface area contributed by atoms with E-state index < -0.39 is 0 Å². The van der Waals surface area contributed by atoms with Crippen LogP contribution >= 0.6 is 0 Å². The van der Waals surface area contributed by atoms with Gasteiger partial charge < -0.3 is 19.5 Å². The molecule has 2 aliphatic rings. The number of aliphatic hydroxyl groups excluding tert-OH is 1. The van der Waals surface area contributed by atoms with Gasteiger partial charge in [-0.05, 0) is 19.3 Å². The van der Waals surface area contributed by atoms with E-state index in [0.717, 1.165) is 58.5 Å². The third-order valence-electron chi connectivity index (χ3n) is 3.13. The fraction of sp³-hybridized carbons (Fsp3) is 1.00. The van der Waals surface area contributed by atoms with Crippen LogP contribution < -0.4 is 0 Å². The Bertz CT molecular complexity index is 175. The topological polar surface area (TPSA) is 41.9 Å². The lowest BCUT2D eigenvalue weighted by atomic mass is 10.1. The molecule has 88 valence electrons. The van der Waals surface area contributed by atoms with E-state index in [1.54, 1.807) is 0 Å². The average Bonchev–Trinajstić information content (AvgIpc) is 2.30. The van der Waals surface area contributed by atoms with Crippen molar-refractivity contribution in [3.8, 4) is 0 Å². The summed E-state index contributed by atoms with van der Waals surface area (Å²) in [7, 11) is 0. The summed E-state index contributed by atoms with van der Waals surface area (Å²) < 4.78 is 11.0. The van der Waals surface area contributed by atoms with Crippen molar-refractivity contribution in [2.45, 2.75) is 38.1 Å². The average molecular weight is 215 g/mol. The predicted octanol–water partition coefficient (Wildman–Crippen LogP) is 0.596. The third kappa shape index (κ3) is 3.72. The zero-order valence-electron chi connectivity index (χ0n) is 9.23. The van der Waals surface area contributed by atoms with Gasteiger partial charge in [0.2, 0.25) is 0 Å². The third-order valence-corrected chi connectivity index (χ3v) is 3.13. The van der Waals surface area contributed by atoms with E-state index in [1.807, 2.05) is 0 Å². The maximum Gasteiger partial charge on any atom is 0.158 e. The van der Waals surface area contributed by atoms with E-state index in [9.17, 15) is 5.11 Å². The molecular formula is C11H21NO3. The second-order valence-electron chi connectivity index (χ2n) is 4.39. The molecule has 2 heterocycles. The molecule has 0 spiro atoms. The van der Waals surface area contributed by atoms with Crippen LogP contribution in [0.25, 0.3) is 0 Å². The molecule has 0 saturated carbocycles. The van der Waals surface area contributed by atoms with E-state index in [-0.39, 0.29) is 12.4 Å². The van der Waals surface area contributed by atoms with Crippen molar-refractivity contribution in [1.29, 1.82) is 0 Å². The van der Waals surface area contributed by atoms with Crippen molar-refractivity contribution in [2.24, 2.45) is 0 Å². The van der Waals surface area contributed by atoms with Gasteiger partial charge in [0, 0.05) is 26.1 Å². The van der Waals surface area contributed by atoms with Gasteiger partial charge in [-0.15, -0.1) is 0 Å². The molecule has 0 amide bonds. The van der Waals surface area contributed by atoms with E-state index in [4.69, 9.17) is 9.47 Å². The molecule has 2 aliphatic heterocycles. The number of hydrogen-bond donors (Lipinski definition) is 1. The molecule has 4 heteroatoms. The summed E-state index contributed by atoms with van der Waals surface area (Å²) >= 11 is 0. The molecule has 0 unspecified atom stereocenters. The number of rotatable bonds is 3. The molecule has 0 aromatic rings. The van der Waals surface area contributed by atoms with Gasteiger partial charge in [0.25, 0.3) is 0 Å². The van der Waals surface area contributed by atoms with Crippen LogP contribution in [0, 0.1) is 0 Å². The Balaban J connectivity index is 1.60. The molecule has 0 atom stereocenters. The van der Waals surface area contributed by atoms with Gasteiger partial charge in [0.1, 0.15) is 0 Å². The summed E-state index contributed by atoms with van der Waals surface area (Å²) in [6.45, 7) is 4.71. The van der Waals surface area contributed by atoms with Crippen molar-refractivity contribution >= 4 is 0 Å². The quantitative estimate of drug-likeness (QED) is 0.748. The molecule has 2 fully saturated rings. The van der Waals surface area contributed by atoms with Crippen molar-refractivity contribution in [3.05, 3.63) is 0 Å². The minimum Gasteiger partial charge on any atom is -0.393 e. The Kier molecular flexibility index (Phi) is 4.38. The second kappa shape index (κ2) is 5.80. The normalized spacial score (nSPS) is 27.0. The first-order chi connectivity index (χ1) is 7.34. The Hall–Kier alpha value is -0.160. The van der Waals surface area contributed by atoms with Crippen LogP contribution in [0.5, 0.6) is 0 Å². The van der Waals surface area contributed by atoms with E-state index in [2.05, 4.69) is 4.90 Å². The molecule has 1 N–H and O–H groups in total. The van der Waals surface area contributed by atoms with Crippen molar-refractivity contribution in [3.63, 3.8) is 0 Å². The van der Waals surface area contributed by atoms with Crippen molar-refractivity contribution in [2.75, 3.05) is 32.8 Å². The van der Waals surface area contributed by atoms with Gasteiger partial charge in [0.15, 0.2) is 6.29 Å². The second-order valence-corrected chi connectivity index (χ2v) is 4.39. The largest absolute Gasteiger partial charge is 0.393 e. The highest BCUT2D eigenvalue weighted by Gasteiger charge is 2.19. The highest BCUT2D eigenvalue weighted by molar-refractivity contribution is 4.71. The maximum atomic E-state index is 9.37.